The summed E-state index contributed by atoms with van der Waals surface area (Å²) in [6.45, 7) is 0. The molecule has 4 rings (SSSR count). The minimum absolute atomic E-state index is 0.241. The molecule has 27 heavy (non-hydrogen) atoms. The van der Waals surface area contributed by atoms with Crippen LogP contribution in [0.15, 0.2) is 59.9 Å². The van der Waals surface area contributed by atoms with Crippen LogP contribution in [-0.2, 0) is 9.84 Å². The fourth-order valence-electron chi connectivity index (χ4n) is 2.58. The smallest absolute Gasteiger partial charge is 0.221 e. The number of nitrogens with one attached hydrogen (secondary N) is 1. The van der Waals surface area contributed by atoms with Gasteiger partial charge in [-0.1, -0.05) is 0 Å². The predicted molar refractivity (Wildman–Crippen MR) is 103 cm³/mol. The van der Waals surface area contributed by atoms with E-state index in [1.807, 2.05) is 6.07 Å². The second-order valence-corrected chi connectivity index (χ2v) is 8.86. The van der Waals surface area contributed by atoms with Crippen molar-refractivity contribution in [2.24, 2.45) is 0 Å². The quantitative estimate of drug-likeness (QED) is 0.521. The summed E-state index contributed by atoms with van der Waals surface area (Å²) in [5.74, 6) is 0.0155. The molecular weight excluding hydrogens is 387 g/mol. The fraction of sp³-hybridized carbons (Fsp3) is 0.0556. The maximum Gasteiger partial charge on any atom is 0.221 e. The van der Waals surface area contributed by atoms with E-state index >= 15 is 0 Å². The van der Waals surface area contributed by atoms with Crippen molar-refractivity contribution in [3.63, 3.8) is 0 Å². The second kappa shape index (κ2) is 6.67. The highest BCUT2D eigenvalue weighted by molar-refractivity contribution is 7.90. The Bertz CT molecular complexity index is 1240. The second-order valence-electron chi connectivity index (χ2n) is 5.82. The van der Waals surface area contributed by atoms with E-state index in [0.29, 0.717) is 26.8 Å². The lowest BCUT2D eigenvalue weighted by atomic mass is 10.2. The SMILES string of the molecule is CS(=O)(=O)c1ccc(Nc2ncnc3sc(-c4cccnc4F)cc23)cc1. The Morgan fingerprint density at radius 3 is 2.56 bits per heavy atom. The first-order chi connectivity index (χ1) is 12.9. The number of hydrogen-bond acceptors (Lipinski definition) is 7. The van der Waals surface area contributed by atoms with Crippen LogP contribution in [0.4, 0.5) is 15.9 Å². The Hall–Kier alpha value is -2.91. The van der Waals surface area contributed by atoms with Crippen LogP contribution < -0.4 is 5.32 Å². The Morgan fingerprint density at radius 2 is 1.85 bits per heavy atom. The van der Waals surface area contributed by atoms with E-state index in [4.69, 9.17) is 0 Å². The molecule has 0 radical (unpaired) electrons. The topological polar surface area (TPSA) is 84.8 Å². The monoisotopic (exact) mass is 400 g/mol. The van der Waals surface area contributed by atoms with Crippen molar-refractivity contribution < 1.29 is 12.8 Å². The Morgan fingerprint density at radius 1 is 1.07 bits per heavy atom. The lowest BCUT2D eigenvalue weighted by Gasteiger charge is -2.07. The van der Waals surface area contributed by atoms with Crippen LogP contribution in [-0.4, -0.2) is 29.6 Å². The van der Waals surface area contributed by atoms with Crippen molar-refractivity contribution in [1.29, 1.82) is 0 Å². The van der Waals surface area contributed by atoms with E-state index in [2.05, 4.69) is 20.3 Å². The number of thiophene rings is 1. The number of fused-ring (bicyclic) bond motifs is 1. The van der Waals surface area contributed by atoms with Gasteiger partial charge < -0.3 is 5.32 Å². The zero-order valence-corrected chi connectivity index (χ0v) is 15.7. The third-order valence-electron chi connectivity index (χ3n) is 3.90. The highest BCUT2D eigenvalue weighted by Gasteiger charge is 2.14. The first kappa shape index (κ1) is 17.5. The molecule has 0 aliphatic carbocycles. The van der Waals surface area contributed by atoms with Crippen molar-refractivity contribution in [3.05, 3.63) is 60.9 Å². The van der Waals surface area contributed by atoms with Gasteiger partial charge in [0.05, 0.1) is 10.3 Å². The molecule has 0 bridgehead atoms. The summed E-state index contributed by atoms with van der Waals surface area (Å²) in [6, 6.07) is 11.5. The summed E-state index contributed by atoms with van der Waals surface area (Å²) in [7, 11) is -3.25. The van der Waals surface area contributed by atoms with Crippen LogP contribution in [0.3, 0.4) is 0 Å². The van der Waals surface area contributed by atoms with Gasteiger partial charge in [-0.15, -0.1) is 11.3 Å². The van der Waals surface area contributed by atoms with E-state index < -0.39 is 15.8 Å². The van der Waals surface area contributed by atoms with Gasteiger partial charge >= 0.3 is 0 Å². The number of halogens is 1. The minimum atomic E-state index is -3.25. The summed E-state index contributed by atoms with van der Waals surface area (Å²) in [5.41, 5.74) is 1.09. The molecule has 0 saturated heterocycles. The predicted octanol–water partition coefficient (Wildman–Crippen LogP) is 4.04. The third-order valence-corrected chi connectivity index (χ3v) is 6.10. The number of hydrogen-bond donors (Lipinski definition) is 1. The van der Waals surface area contributed by atoms with Crippen LogP contribution >= 0.6 is 11.3 Å². The van der Waals surface area contributed by atoms with Crippen LogP contribution in [0.25, 0.3) is 20.7 Å². The van der Waals surface area contributed by atoms with E-state index in [-0.39, 0.29) is 4.90 Å². The molecule has 136 valence electrons. The van der Waals surface area contributed by atoms with Crippen LogP contribution in [0.5, 0.6) is 0 Å². The van der Waals surface area contributed by atoms with Gasteiger partial charge in [-0.3, -0.25) is 0 Å². The number of rotatable bonds is 4. The van der Waals surface area contributed by atoms with Crippen LogP contribution in [0.2, 0.25) is 0 Å². The van der Waals surface area contributed by atoms with Crippen LogP contribution in [0.1, 0.15) is 0 Å². The van der Waals surface area contributed by atoms with E-state index in [0.717, 1.165) is 11.6 Å². The summed E-state index contributed by atoms with van der Waals surface area (Å²) in [4.78, 5) is 13.8. The van der Waals surface area contributed by atoms with Crippen molar-refractivity contribution in [2.75, 3.05) is 11.6 Å². The molecule has 0 fully saturated rings. The highest BCUT2D eigenvalue weighted by atomic mass is 32.2. The Labute approximate surface area is 158 Å². The van der Waals surface area contributed by atoms with Crippen LogP contribution in [0, 0.1) is 5.95 Å². The number of aromatic nitrogens is 3. The molecule has 0 aliphatic rings. The molecule has 4 aromatic rings. The van der Waals surface area contributed by atoms with Gasteiger partial charge in [0.25, 0.3) is 0 Å². The molecule has 3 aromatic heterocycles. The average molecular weight is 400 g/mol. The largest absolute Gasteiger partial charge is 0.340 e. The molecule has 0 saturated carbocycles. The molecule has 0 atom stereocenters. The van der Waals surface area contributed by atoms with Gasteiger partial charge in [-0.2, -0.15) is 4.39 Å². The molecular formula is C18H13FN4O2S2. The molecule has 0 aliphatic heterocycles. The summed E-state index contributed by atoms with van der Waals surface area (Å²) >= 11 is 1.34. The highest BCUT2D eigenvalue weighted by Crippen LogP contribution is 2.36. The maximum atomic E-state index is 14.0. The lowest BCUT2D eigenvalue weighted by Crippen LogP contribution is -1.98. The first-order valence-corrected chi connectivity index (χ1v) is 10.6. The fourth-order valence-corrected chi connectivity index (χ4v) is 4.22. The molecule has 0 spiro atoms. The summed E-state index contributed by atoms with van der Waals surface area (Å²) in [5, 5.41) is 3.90. The number of nitrogens with zero attached hydrogens (tertiary/aromatic N) is 3. The molecule has 0 amide bonds. The van der Waals surface area contributed by atoms with E-state index in [1.165, 1.54) is 36.0 Å². The van der Waals surface area contributed by atoms with Gasteiger partial charge in [0.2, 0.25) is 5.95 Å². The van der Waals surface area contributed by atoms with E-state index in [9.17, 15) is 12.8 Å². The average Bonchev–Trinajstić information content (AvgIpc) is 3.07. The zero-order chi connectivity index (χ0) is 19.0. The van der Waals surface area contributed by atoms with Gasteiger partial charge in [0, 0.05) is 28.6 Å². The molecule has 1 N–H and O–H groups in total. The number of pyridine rings is 1. The van der Waals surface area contributed by atoms with Crippen molar-refractivity contribution in [2.45, 2.75) is 4.90 Å². The van der Waals surface area contributed by atoms with E-state index in [1.54, 1.807) is 24.3 Å². The molecule has 9 heteroatoms. The van der Waals surface area contributed by atoms with Gasteiger partial charge in [-0.05, 0) is 42.5 Å². The van der Waals surface area contributed by atoms with Gasteiger partial charge in [-0.25, -0.2) is 23.4 Å². The van der Waals surface area contributed by atoms with Gasteiger partial charge in [0.15, 0.2) is 9.84 Å². The summed E-state index contributed by atoms with van der Waals surface area (Å²) in [6.07, 6.45) is 3.99. The van der Waals surface area contributed by atoms with Crippen molar-refractivity contribution >= 4 is 42.9 Å². The number of benzene rings is 1. The maximum absolute atomic E-state index is 14.0. The minimum Gasteiger partial charge on any atom is -0.340 e. The Balaban J connectivity index is 1.71. The molecule has 0 unspecified atom stereocenters. The molecule has 1 aromatic carbocycles. The molecule has 6 nitrogen and oxygen atoms in total. The van der Waals surface area contributed by atoms with Crippen molar-refractivity contribution in [3.8, 4) is 10.4 Å². The third kappa shape index (κ3) is 3.51. The van der Waals surface area contributed by atoms with Gasteiger partial charge in [0.1, 0.15) is 17.0 Å². The Kier molecular flexibility index (Phi) is 4.33. The standard InChI is InChI=1S/C18H13FN4O2S2/c1-27(24,25)12-6-4-11(5-7-12)23-17-14-9-15(26-18(14)22-10-21-17)13-3-2-8-20-16(13)19/h2-10H,1H3,(H,21,22,23). The zero-order valence-electron chi connectivity index (χ0n) is 14.0. The number of anilines is 2. The number of sulfone groups is 1. The molecule has 3 heterocycles. The normalized spacial score (nSPS) is 11.6. The lowest BCUT2D eigenvalue weighted by molar-refractivity contribution is 0.588. The first-order valence-electron chi connectivity index (χ1n) is 7.84. The summed E-state index contributed by atoms with van der Waals surface area (Å²) < 4.78 is 37.1. The van der Waals surface area contributed by atoms with Crippen molar-refractivity contribution in [1.82, 2.24) is 15.0 Å².